The zero-order valence-electron chi connectivity index (χ0n) is 13.0. The predicted octanol–water partition coefficient (Wildman–Crippen LogP) is 2.18. The number of nitrogens with zero attached hydrogens (tertiary/aromatic N) is 7. The van der Waals surface area contributed by atoms with Crippen LogP contribution in [0.1, 0.15) is 30.4 Å². The standard InChI is InChI=1S/C13H14ClN7O3/c1-8-11(14)7-20(18-8)9(2)13-17-16-12(24-13)3-4-19-6-10(5-15-19)21(22)23/h5-7,9H,3-4H2,1-2H3. The summed E-state index contributed by atoms with van der Waals surface area (Å²) in [6, 6.07) is -0.247. The second kappa shape index (κ2) is 6.40. The van der Waals surface area contributed by atoms with Crippen molar-refractivity contribution in [1.82, 2.24) is 29.8 Å². The Hall–Kier alpha value is -2.75. The minimum Gasteiger partial charge on any atom is -0.423 e. The minimum atomic E-state index is -0.493. The van der Waals surface area contributed by atoms with Crippen LogP contribution in [0.5, 0.6) is 0 Å². The van der Waals surface area contributed by atoms with Gasteiger partial charge in [0.05, 0.1) is 15.6 Å². The fourth-order valence-corrected chi connectivity index (χ4v) is 2.22. The summed E-state index contributed by atoms with van der Waals surface area (Å²) in [5.74, 6) is 0.834. The first-order valence-corrected chi connectivity index (χ1v) is 7.52. The maximum Gasteiger partial charge on any atom is 0.306 e. The van der Waals surface area contributed by atoms with Crippen molar-refractivity contribution in [1.29, 1.82) is 0 Å². The van der Waals surface area contributed by atoms with Crippen molar-refractivity contribution in [3.8, 4) is 0 Å². The Bertz CT molecular complexity index is 849. The highest BCUT2D eigenvalue weighted by atomic mass is 35.5. The summed E-state index contributed by atoms with van der Waals surface area (Å²) in [7, 11) is 0. The van der Waals surface area contributed by atoms with E-state index in [1.165, 1.54) is 17.1 Å². The van der Waals surface area contributed by atoms with Crippen LogP contribution in [0, 0.1) is 17.0 Å². The molecule has 0 bridgehead atoms. The van der Waals surface area contributed by atoms with E-state index < -0.39 is 4.92 Å². The molecule has 3 rings (SSSR count). The van der Waals surface area contributed by atoms with Crippen LogP contribution in [-0.4, -0.2) is 34.7 Å². The number of aromatic nitrogens is 6. The maximum atomic E-state index is 10.6. The molecule has 0 aliphatic rings. The molecule has 10 nitrogen and oxygen atoms in total. The second-order valence-electron chi connectivity index (χ2n) is 5.22. The zero-order valence-corrected chi connectivity index (χ0v) is 13.7. The Morgan fingerprint density at radius 2 is 2.21 bits per heavy atom. The average molecular weight is 352 g/mol. The summed E-state index contributed by atoms with van der Waals surface area (Å²) < 4.78 is 8.74. The Morgan fingerprint density at radius 1 is 1.42 bits per heavy atom. The lowest BCUT2D eigenvalue weighted by atomic mass is 10.3. The summed E-state index contributed by atoms with van der Waals surface area (Å²) in [5.41, 5.74) is 0.671. The molecule has 0 fully saturated rings. The lowest BCUT2D eigenvalue weighted by molar-refractivity contribution is -0.385. The van der Waals surface area contributed by atoms with Crippen LogP contribution >= 0.6 is 11.6 Å². The normalized spacial score (nSPS) is 12.5. The molecular weight excluding hydrogens is 338 g/mol. The Labute approximate surface area is 141 Å². The first-order valence-electron chi connectivity index (χ1n) is 7.14. The van der Waals surface area contributed by atoms with Crippen LogP contribution in [0.15, 0.2) is 23.0 Å². The summed E-state index contributed by atoms with van der Waals surface area (Å²) >= 11 is 6.00. The highest BCUT2D eigenvalue weighted by Gasteiger charge is 2.18. The fraction of sp³-hybridized carbons (Fsp3) is 0.385. The van der Waals surface area contributed by atoms with Crippen LogP contribution in [-0.2, 0) is 13.0 Å². The van der Waals surface area contributed by atoms with Gasteiger partial charge >= 0.3 is 5.69 Å². The SMILES string of the molecule is Cc1nn(C(C)c2nnc(CCn3cc([N+](=O)[O-])cn3)o2)cc1Cl. The van der Waals surface area contributed by atoms with Crippen molar-refractivity contribution in [2.24, 2.45) is 0 Å². The second-order valence-corrected chi connectivity index (χ2v) is 5.63. The minimum absolute atomic E-state index is 0.0548. The van der Waals surface area contributed by atoms with Crippen LogP contribution in [0.3, 0.4) is 0 Å². The van der Waals surface area contributed by atoms with Crippen LogP contribution in [0.25, 0.3) is 0 Å². The molecule has 126 valence electrons. The third-order valence-electron chi connectivity index (χ3n) is 3.48. The molecule has 0 saturated heterocycles. The van der Waals surface area contributed by atoms with E-state index in [4.69, 9.17) is 16.0 Å². The van der Waals surface area contributed by atoms with E-state index >= 15 is 0 Å². The van der Waals surface area contributed by atoms with Gasteiger partial charge in [0, 0.05) is 19.2 Å². The Morgan fingerprint density at radius 3 is 2.83 bits per heavy atom. The van der Waals surface area contributed by atoms with Crippen molar-refractivity contribution >= 4 is 17.3 Å². The third kappa shape index (κ3) is 3.27. The van der Waals surface area contributed by atoms with Crippen molar-refractivity contribution < 1.29 is 9.34 Å². The summed E-state index contributed by atoms with van der Waals surface area (Å²) in [6.45, 7) is 4.08. The monoisotopic (exact) mass is 351 g/mol. The Balaban J connectivity index is 1.65. The lowest BCUT2D eigenvalue weighted by Gasteiger charge is -2.06. The highest BCUT2D eigenvalue weighted by Crippen LogP contribution is 2.20. The molecular formula is C13H14ClN7O3. The van der Waals surface area contributed by atoms with Gasteiger partial charge in [-0.15, -0.1) is 10.2 Å². The van der Waals surface area contributed by atoms with Gasteiger partial charge in [0.1, 0.15) is 18.4 Å². The van der Waals surface area contributed by atoms with Gasteiger partial charge in [-0.25, -0.2) is 0 Å². The topological polar surface area (TPSA) is 118 Å². The van der Waals surface area contributed by atoms with Gasteiger partial charge in [0.2, 0.25) is 11.8 Å². The summed E-state index contributed by atoms with van der Waals surface area (Å²) in [6.07, 6.45) is 4.67. The van der Waals surface area contributed by atoms with Gasteiger partial charge < -0.3 is 4.42 Å². The number of hydrogen-bond donors (Lipinski definition) is 0. The molecule has 0 aromatic carbocycles. The molecule has 3 aromatic heterocycles. The maximum absolute atomic E-state index is 10.6. The molecule has 0 N–H and O–H groups in total. The van der Waals surface area contributed by atoms with Crippen LogP contribution in [0.2, 0.25) is 5.02 Å². The lowest BCUT2D eigenvalue weighted by Crippen LogP contribution is -2.07. The van der Waals surface area contributed by atoms with E-state index in [9.17, 15) is 10.1 Å². The molecule has 24 heavy (non-hydrogen) atoms. The van der Waals surface area contributed by atoms with E-state index in [-0.39, 0.29) is 11.7 Å². The van der Waals surface area contributed by atoms with Gasteiger partial charge in [-0.05, 0) is 13.8 Å². The van der Waals surface area contributed by atoms with Crippen molar-refractivity contribution in [3.63, 3.8) is 0 Å². The molecule has 0 aliphatic heterocycles. The first-order chi connectivity index (χ1) is 11.4. The smallest absolute Gasteiger partial charge is 0.306 e. The van der Waals surface area contributed by atoms with Gasteiger partial charge in [0.15, 0.2) is 0 Å². The van der Waals surface area contributed by atoms with Crippen molar-refractivity contribution in [2.75, 3.05) is 0 Å². The zero-order chi connectivity index (χ0) is 17.3. The van der Waals surface area contributed by atoms with E-state index in [0.29, 0.717) is 29.8 Å². The molecule has 0 radical (unpaired) electrons. The number of aryl methyl sites for hydroxylation is 3. The van der Waals surface area contributed by atoms with Crippen LogP contribution in [0.4, 0.5) is 5.69 Å². The Kier molecular flexibility index (Phi) is 4.30. The summed E-state index contributed by atoms with van der Waals surface area (Å²) in [4.78, 5) is 10.1. The number of hydrogen-bond acceptors (Lipinski definition) is 7. The molecule has 0 amide bonds. The molecule has 0 saturated carbocycles. The first kappa shape index (κ1) is 16.1. The molecule has 3 aromatic rings. The van der Waals surface area contributed by atoms with Gasteiger partial charge in [-0.2, -0.15) is 10.2 Å². The van der Waals surface area contributed by atoms with E-state index in [0.717, 1.165) is 5.69 Å². The molecule has 11 heteroatoms. The molecule has 1 unspecified atom stereocenters. The molecule has 1 atom stereocenters. The highest BCUT2D eigenvalue weighted by molar-refractivity contribution is 6.31. The summed E-state index contributed by atoms with van der Waals surface area (Å²) in [5, 5.41) is 27.4. The van der Waals surface area contributed by atoms with Crippen molar-refractivity contribution in [3.05, 3.63) is 51.2 Å². The van der Waals surface area contributed by atoms with E-state index in [1.54, 1.807) is 10.9 Å². The molecule has 3 heterocycles. The molecule has 0 aliphatic carbocycles. The number of rotatable bonds is 6. The quantitative estimate of drug-likeness (QED) is 0.493. The number of nitro groups is 1. The van der Waals surface area contributed by atoms with Gasteiger partial charge in [-0.1, -0.05) is 11.6 Å². The van der Waals surface area contributed by atoms with Crippen molar-refractivity contribution in [2.45, 2.75) is 32.9 Å². The van der Waals surface area contributed by atoms with Gasteiger partial charge in [0.25, 0.3) is 0 Å². The number of halogens is 1. The predicted molar refractivity (Wildman–Crippen MR) is 82.7 cm³/mol. The van der Waals surface area contributed by atoms with Gasteiger partial charge in [-0.3, -0.25) is 19.5 Å². The average Bonchev–Trinajstić information content (AvgIpc) is 3.25. The third-order valence-corrected chi connectivity index (χ3v) is 3.85. The van der Waals surface area contributed by atoms with Crippen LogP contribution < -0.4 is 0 Å². The fourth-order valence-electron chi connectivity index (χ4n) is 2.09. The largest absolute Gasteiger partial charge is 0.423 e. The van der Waals surface area contributed by atoms with E-state index in [1.807, 2.05) is 13.8 Å². The molecule has 0 spiro atoms. The van der Waals surface area contributed by atoms with E-state index in [2.05, 4.69) is 20.4 Å².